The van der Waals surface area contributed by atoms with Crippen LogP contribution in [0.3, 0.4) is 0 Å². The molecule has 0 radical (unpaired) electrons. The summed E-state index contributed by atoms with van der Waals surface area (Å²) in [5.41, 5.74) is 0. The molecule has 1 aliphatic heterocycles. The van der Waals surface area contributed by atoms with E-state index in [0.29, 0.717) is 22.9 Å². The maximum absolute atomic E-state index is 13.5. The van der Waals surface area contributed by atoms with Crippen LogP contribution >= 0.6 is 0 Å². The molecule has 0 saturated carbocycles. The van der Waals surface area contributed by atoms with Crippen LogP contribution in [0.4, 0.5) is 8.78 Å². The molecule has 1 aliphatic rings. The highest BCUT2D eigenvalue weighted by molar-refractivity contribution is 7.89. The standard InChI is InChI=1S/C11H11F2NO4S/c12-7-3-4-8(13)10(6-7)19(17,18)14-5-1-2-9(14)11(15)16/h3-4,6,9H,1-2,5H2,(H,15,16)/t9-/m0/s1. The quantitative estimate of drug-likeness (QED) is 0.908. The van der Waals surface area contributed by atoms with Crippen LogP contribution < -0.4 is 0 Å². The molecule has 2 rings (SSSR count). The van der Waals surface area contributed by atoms with Crippen molar-refractivity contribution >= 4 is 16.0 Å². The van der Waals surface area contributed by atoms with Gasteiger partial charge in [0, 0.05) is 6.54 Å². The van der Waals surface area contributed by atoms with E-state index < -0.39 is 38.6 Å². The zero-order valence-corrected chi connectivity index (χ0v) is 10.5. The van der Waals surface area contributed by atoms with E-state index in [1.165, 1.54) is 0 Å². The number of hydrogen-bond donors (Lipinski definition) is 1. The number of benzene rings is 1. The molecule has 1 fully saturated rings. The van der Waals surface area contributed by atoms with Crippen molar-refractivity contribution in [3.05, 3.63) is 29.8 Å². The molecule has 0 bridgehead atoms. The van der Waals surface area contributed by atoms with Crippen LogP contribution in [0.5, 0.6) is 0 Å². The topological polar surface area (TPSA) is 74.7 Å². The number of nitrogens with zero attached hydrogens (tertiary/aromatic N) is 1. The van der Waals surface area contributed by atoms with Crippen LogP contribution in [0, 0.1) is 11.6 Å². The van der Waals surface area contributed by atoms with Gasteiger partial charge in [0.1, 0.15) is 22.6 Å². The zero-order valence-electron chi connectivity index (χ0n) is 9.71. The molecule has 1 aromatic carbocycles. The molecule has 19 heavy (non-hydrogen) atoms. The number of aliphatic carboxylic acids is 1. The van der Waals surface area contributed by atoms with Crippen molar-refractivity contribution < 1.29 is 27.1 Å². The molecule has 104 valence electrons. The van der Waals surface area contributed by atoms with E-state index in [1.54, 1.807) is 0 Å². The fraction of sp³-hybridized carbons (Fsp3) is 0.364. The van der Waals surface area contributed by atoms with Gasteiger partial charge in [-0.15, -0.1) is 0 Å². The molecule has 1 saturated heterocycles. The van der Waals surface area contributed by atoms with E-state index in [0.717, 1.165) is 6.07 Å². The summed E-state index contributed by atoms with van der Waals surface area (Å²) in [6.45, 7) is -0.0186. The number of carboxylic acid groups (broad SMARTS) is 1. The van der Waals surface area contributed by atoms with Crippen LogP contribution in [0.2, 0.25) is 0 Å². The molecular formula is C11H11F2NO4S. The van der Waals surface area contributed by atoms with Gasteiger partial charge in [0.25, 0.3) is 0 Å². The van der Waals surface area contributed by atoms with E-state index in [9.17, 15) is 22.0 Å². The number of carboxylic acids is 1. The number of carbonyl (C=O) groups is 1. The minimum atomic E-state index is -4.35. The number of rotatable bonds is 3. The average Bonchev–Trinajstić information content (AvgIpc) is 2.82. The van der Waals surface area contributed by atoms with Crippen molar-refractivity contribution in [1.29, 1.82) is 0 Å². The monoisotopic (exact) mass is 291 g/mol. The van der Waals surface area contributed by atoms with Crippen molar-refractivity contribution in [1.82, 2.24) is 4.31 Å². The molecule has 0 aliphatic carbocycles. The minimum absolute atomic E-state index is 0.0186. The molecule has 0 aromatic heterocycles. The van der Waals surface area contributed by atoms with Crippen molar-refractivity contribution in [3.63, 3.8) is 0 Å². The minimum Gasteiger partial charge on any atom is -0.480 e. The molecule has 8 heteroatoms. The van der Waals surface area contributed by atoms with E-state index >= 15 is 0 Å². The number of hydrogen-bond acceptors (Lipinski definition) is 3. The van der Waals surface area contributed by atoms with Crippen LogP contribution in [-0.2, 0) is 14.8 Å². The number of sulfonamides is 1. The third-order valence-electron chi connectivity index (χ3n) is 2.97. The smallest absolute Gasteiger partial charge is 0.322 e. The van der Waals surface area contributed by atoms with Crippen LogP contribution in [0.15, 0.2) is 23.1 Å². The average molecular weight is 291 g/mol. The molecule has 1 heterocycles. The first-order valence-corrected chi connectivity index (χ1v) is 6.98. The lowest BCUT2D eigenvalue weighted by atomic mass is 10.2. The van der Waals surface area contributed by atoms with E-state index in [4.69, 9.17) is 5.11 Å². The molecule has 1 N–H and O–H groups in total. The largest absolute Gasteiger partial charge is 0.480 e. The van der Waals surface area contributed by atoms with Gasteiger partial charge in [0.2, 0.25) is 10.0 Å². The Labute approximate surface area is 108 Å². The highest BCUT2D eigenvalue weighted by atomic mass is 32.2. The van der Waals surface area contributed by atoms with Gasteiger partial charge in [-0.3, -0.25) is 4.79 Å². The van der Waals surface area contributed by atoms with Gasteiger partial charge < -0.3 is 5.11 Å². The lowest BCUT2D eigenvalue weighted by Gasteiger charge is -2.21. The van der Waals surface area contributed by atoms with Crippen molar-refractivity contribution in [2.75, 3.05) is 6.54 Å². The Morgan fingerprint density at radius 3 is 2.68 bits per heavy atom. The first-order valence-electron chi connectivity index (χ1n) is 5.54. The summed E-state index contributed by atoms with van der Waals surface area (Å²) in [6.07, 6.45) is 0.526. The molecule has 0 spiro atoms. The second-order valence-electron chi connectivity index (χ2n) is 4.19. The fourth-order valence-corrected chi connectivity index (χ4v) is 3.80. The maximum atomic E-state index is 13.5. The second kappa shape index (κ2) is 4.86. The van der Waals surface area contributed by atoms with Crippen molar-refractivity contribution in [2.45, 2.75) is 23.8 Å². The van der Waals surface area contributed by atoms with Gasteiger partial charge in [-0.05, 0) is 31.0 Å². The van der Waals surface area contributed by atoms with Gasteiger partial charge in [0.15, 0.2) is 0 Å². The SMILES string of the molecule is O=C(O)[C@@H]1CCCN1S(=O)(=O)c1cc(F)ccc1F. The Bertz CT molecular complexity index is 617. The van der Waals surface area contributed by atoms with E-state index in [1.807, 2.05) is 0 Å². The van der Waals surface area contributed by atoms with Gasteiger partial charge in [-0.1, -0.05) is 0 Å². The maximum Gasteiger partial charge on any atom is 0.322 e. The molecule has 5 nitrogen and oxygen atoms in total. The van der Waals surface area contributed by atoms with E-state index in [2.05, 4.69) is 0 Å². The highest BCUT2D eigenvalue weighted by Crippen LogP contribution is 2.28. The van der Waals surface area contributed by atoms with Crippen molar-refractivity contribution in [2.24, 2.45) is 0 Å². The zero-order chi connectivity index (χ0) is 14.2. The Morgan fingerprint density at radius 1 is 1.37 bits per heavy atom. The van der Waals surface area contributed by atoms with Crippen LogP contribution in [0.1, 0.15) is 12.8 Å². The molecule has 1 atom stereocenters. The Balaban J connectivity index is 2.48. The Hall–Kier alpha value is -1.54. The molecular weight excluding hydrogens is 280 g/mol. The normalized spacial score (nSPS) is 20.6. The lowest BCUT2D eigenvalue weighted by Crippen LogP contribution is -2.40. The summed E-state index contributed by atoms with van der Waals surface area (Å²) >= 11 is 0. The van der Waals surface area contributed by atoms with Crippen LogP contribution in [-0.4, -0.2) is 36.4 Å². The Morgan fingerprint density at radius 2 is 2.05 bits per heavy atom. The third-order valence-corrected chi connectivity index (χ3v) is 4.89. The summed E-state index contributed by atoms with van der Waals surface area (Å²) < 4.78 is 51.6. The second-order valence-corrected chi connectivity index (χ2v) is 6.05. The molecule has 0 amide bonds. The predicted molar refractivity (Wildman–Crippen MR) is 60.9 cm³/mol. The molecule has 1 aromatic rings. The van der Waals surface area contributed by atoms with Gasteiger partial charge in [-0.25, -0.2) is 17.2 Å². The summed E-state index contributed by atoms with van der Waals surface area (Å²) in [5, 5.41) is 8.94. The first kappa shape index (κ1) is 13.9. The van der Waals surface area contributed by atoms with Gasteiger partial charge >= 0.3 is 5.97 Å². The first-order chi connectivity index (χ1) is 8.84. The van der Waals surface area contributed by atoms with E-state index in [-0.39, 0.29) is 13.0 Å². The van der Waals surface area contributed by atoms with Crippen LogP contribution in [0.25, 0.3) is 0 Å². The third kappa shape index (κ3) is 2.45. The summed E-state index contributed by atoms with van der Waals surface area (Å²) in [6, 6.07) is 0.829. The lowest BCUT2D eigenvalue weighted by molar-refractivity contribution is -0.140. The van der Waals surface area contributed by atoms with Crippen molar-refractivity contribution in [3.8, 4) is 0 Å². The number of halogens is 2. The van der Waals surface area contributed by atoms with Gasteiger partial charge in [-0.2, -0.15) is 4.31 Å². The fourth-order valence-electron chi connectivity index (χ4n) is 2.08. The summed E-state index contributed by atoms with van der Waals surface area (Å²) in [7, 11) is -4.35. The Kier molecular flexibility index (Phi) is 3.55. The molecule has 0 unspecified atom stereocenters. The summed E-state index contributed by atoms with van der Waals surface area (Å²) in [5.74, 6) is -3.29. The van der Waals surface area contributed by atoms with Gasteiger partial charge in [0.05, 0.1) is 0 Å². The highest BCUT2D eigenvalue weighted by Gasteiger charge is 2.40. The summed E-state index contributed by atoms with van der Waals surface area (Å²) in [4.78, 5) is 10.1. The predicted octanol–water partition coefficient (Wildman–Crippen LogP) is 1.20.